The number of nitrogens with zero attached hydrogens (tertiary/aromatic N) is 2. The lowest BCUT2D eigenvalue weighted by Gasteiger charge is -2.30. The number of halogens is 1. The summed E-state index contributed by atoms with van der Waals surface area (Å²) < 4.78 is 5.18. The Morgan fingerprint density at radius 2 is 2.14 bits per heavy atom. The number of carbonyl (C=O) groups excluding carboxylic acids is 1. The van der Waals surface area contributed by atoms with Gasteiger partial charge >= 0.3 is 0 Å². The molecule has 0 aromatic heterocycles. The molecule has 6 nitrogen and oxygen atoms in total. The van der Waals surface area contributed by atoms with Crippen molar-refractivity contribution in [1.29, 1.82) is 0 Å². The van der Waals surface area contributed by atoms with Crippen LogP contribution in [-0.4, -0.2) is 55.5 Å². The van der Waals surface area contributed by atoms with Crippen LogP contribution in [0.4, 0.5) is 5.69 Å². The van der Waals surface area contributed by atoms with Crippen molar-refractivity contribution >= 4 is 29.0 Å². The Morgan fingerprint density at radius 3 is 2.97 bits per heavy atom. The molecule has 2 aromatic carbocycles. The molecular formula is C22H25ClN4O2. The van der Waals surface area contributed by atoms with Crippen LogP contribution in [0, 0.1) is 0 Å². The molecular weight excluding hydrogens is 388 g/mol. The lowest BCUT2D eigenvalue weighted by Crippen LogP contribution is -2.55. The summed E-state index contributed by atoms with van der Waals surface area (Å²) in [6, 6.07) is 15.3. The smallest absolute Gasteiger partial charge is 0.253 e. The van der Waals surface area contributed by atoms with Crippen molar-refractivity contribution in [3.8, 4) is 0 Å². The number of ether oxygens (including phenoxy) is 1. The Labute approximate surface area is 175 Å². The minimum atomic E-state index is -0.416. The van der Waals surface area contributed by atoms with E-state index < -0.39 is 5.54 Å². The Bertz CT molecular complexity index is 933. The number of carbonyl (C=O) groups is 1. The number of anilines is 1. The van der Waals surface area contributed by atoms with Crippen LogP contribution in [0.25, 0.3) is 0 Å². The molecule has 1 spiro atoms. The first kappa shape index (κ1) is 19.9. The van der Waals surface area contributed by atoms with E-state index in [9.17, 15) is 4.79 Å². The number of amidine groups is 1. The van der Waals surface area contributed by atoms with E-state index in [1.165, 1.54) is 5.56 Å². The van der Waals surface area contributed by atoms with Crippen molar-refractivity contribution in [2.75, 3.05) is 38.7 Å². The van der Waals surface area contributed by atoms with Gasteiger partial charge in [0.15, 0.2) is 0 Å². The summed E-state index contributed by atoms with van der Waals surface area (Å²) in [6.45, 7) is 3.03. The molecule has 2 aromatic rings. The number of hydrogen-bond acceptors (Lipinski definition) is 4. The maximum absolute atomic E-state index is 13.1. The topological polar surface area (TPSA) is 66.0 Å². The molecule has 1 saturated heterocycles. The zero-order valence-corrected chi connectivity index (χ0v) is 17.2. The summed E-state index contributed by atoms with van der Waals surface area (Å²) in [7, 11) is 1.67. The maximum atomic E-state index is 13.1. The van der Waals surface area contributed by atoms with E-state index in [4.69, 9.17) is 21.3 Å². The third kappa shape index (κ3) is 4.15. The average molecular weight is 413 g/mol. The molecule has 1 fully saturated rings. The zero-order valence-electron chi connectivity index (χ0n) is 16.5. The first-order valence-corrected chi connectivity index (χ1v) is 10.2. The van der Waals surface area contributed by atoms with E-state index >= 15 is 0 Å². The summed E-state index contributed by atoms with van der Waals surface area (Å²) in [5, 5.41) is 7.78. The van der Waals surface area contributed by atoms with Gasteiger partial charge < -0.3 is 15.0 Å². The van der Waals surface area contributed by atoms with Crippen molar-refractivity contribution in [1.82, 2.24) is 10.2 Å². The molecule has 1 atom stereocenters. The highest BCUT2D eigenvalue weighted by Gasteiger charge is 2.45. The monoisotopic (exact) mass is 412 g/mol. The second-order valence-electron chi connectivity index (χ2n) is 7.43. The normalized spacial score (nSPS) is 22.4. The van der Waals surface area contributed by atoms with Gasteiger partial charge in [-0.3, -0.25) is 15.1 Å². The predicted molar refractivity (Wildman–Crippen MR) is 116 cm³/mol. The van der Waals surface area contributed by atoms with E-state index in [-0.39, 0.29) is 5.91 Å². The quantitative estimate of drug-likeness (QED) is 0.757. The molecule has 0 bridgehead atoms. The van der Waals surface area contributed by atoms with Crippen LogP contribution in [0.3, 0.4) is 0 Å². The number of amides is 1. The van der Waals surface area contributed by atoms with Crippen molar-refractivity contribution < 1.29 is 9.53 Å². The number of rotatable bonds is 4. The molecule has 152 valence electrons. The fourth-order valence-electron chi connectivity index (χ4n) is 3.96. The molecule has 2 aliphatic heterocycles. The second-order valence-corrected chi connectivity index (χ2v) is 7.86. The predicted octanol–water partition coefficient (Wildman–Crippen LogP) is 3.18. The lowest BCUT2D eigenvalue weighted by molar-refractivity contribution is 0.0786. The van der Waals surface area contributed by atoms with Gasteiger partial charge in [0.1, 0.15) is 5.84 Å². The minimum Gasteiger partial charge on any atom is -0.383 e. The molecule has 0 saturated carbocycles. The number of likely N-dealkylation sites (tertiary alicyclic amines) is 1. The molecule has 0 radical (unpaired) electrons. The number of para-hydroxylation sites is 1. The first-order chi connectivity index (χ1) is 14.1. The highest BCUT2D eigenvalue weighted by atomic mass is 35.5. The second kappa shape index (κ2) is 8.53. The molecule has 2 aliphatic rings. The lowest BCUT2D eigenvalue weighted by atomic mass is 9.96. The first-order valence-electron chi connectivity index (χ1n) is 9.80. The number of nitrogens with one attached hydrogen (secondary N) is 2. The van der Waals surface area contributed by atoms with Gasteiger partial charge in [-0.05, 0) is 36.2 Å². The van der Waals surface area contributed by atoms with Crippen LogP contribution in [0.5, 0.6) is 0 Å². The molecule has 0 aliphatic carbocycles. The van der Waals surface area contributed by atoms with E-state index in [1.807, 2.05) is 17.0 Å². The summed E-state index contributed by atoms with van der Waals surface area (Å²) in [5.74, 6) is 0.852. The fourth-order valence-corrected chi connectivity index (χ4v) is 4.15. The minimum absolute atomic E-state index is 0.0100. The molecule has 4 rings (SSSR count). The Hall–Kier alpha value is -2.41. The molecule has 1 amide bonds. The van der Waals surface area contributed by atoms with Gasteiger partial charge in [-0.25, -0.2) is 0 Å². The number of fused-ring (bicyclic) bond motifs is 1. The average Bonchev–Trinajstić information content (AvgIpc) is 3.10. The summed E-state index contributed by atoms with van der Waals surface area (Å²) in [5.41, 5.74) is 2.43. The summed E-state index contributed by atoms with van der Waals surface area (Å²) >= 11 is 6.08. The summed E-state index contributed by atoms with van der Waals surface area (Å²) in [6.07, 6.45) is 0.784. The SMILES string of the molecule is COCCN=C1Nc2ccccc2CN[C@]12CCN(C(=O)c1cccc(Cl)c1)C2. The van der Waals surface area contributed by atoms with Gasteiger partial charge in [0.05, 0.1) is 18.7 Å². The van der Waals surface area contributed by atoms with Crippen LogP contribution >= 0.6 is 11.6 Å². The zero-order chi connectivity index (χ0) is 20.3. The van der Waals surface area contributed by atoms with Gasteiger partial charge in [-0.1, -0.05) is 35.9 Å². The highest BCUT2D eigenvalue weighted by Crippen LogP contribution is 2.30. The standard InChI is InChI=1S/C22H25ClN4O2/c1-29-12-10-24-21-22(25-14-17-5-2-3-8-19(17)26-21)9-11-27(15-22)20(28)16-6-4-7-18(23)13-16/h2-8,13,25H,9-12,14-15H2,1H3,(H,24,26)/t22-/m0/s1. The number of methoxy groups -OCH3 is 1. The molecule has 2 heterocycles. The van der Waals surface area contributed by atoms with Gasteiger partial charge in [0.2, 0.25) is 0 Å². The molecule has 0 unspecified atom stereocenters. The number of aliphatic imine (C=N–C) groups is 1. The van der Waals surface area contributed by atoms with Crippen LogP contribution in [0.15, 0.2) is 53.5 Å². The van der Waals surface area contributed by atoms with Crippen LogP contribution in [0.2, 0.25) is 5.02 Å². The molecule has 2 N–H and O–H groups in total. The fraction of sp³-hybridized carbons (Fsp3) is 0.364. The summed E-state index contributed by atoms with van der Waals surface area (Å²) in [4.78, 5) is 19.7. The third-order valence-electron chi connectivity index (χ3n) is 5.53. The van der Waals surface area contributed by atoms with Crippen LogP contribution in [-0.2, 0) is 11.3 Å². The van der Waals surface area contributed by atoms with Crippen molar-refractivity contribution in [2.24, 2.45) is 4.99 Å². The van der Waals surface area contributed by atoms with Gasteiger partial charge in [0, 0.05) is 43.0 Å². The van der Waals surface area contributed by atoms with Crippen LogP contribution in [0.1, 0.15) is 22.3 Å². The number of hydrogen-bond donors (Lipinski definition) is 2. The highest BCUT2D eigenvalue weighted by molar-refractivity contribution is 6.31. The van der Waals surface area contributed by atoms with Crippen LogP contribution < -0.4 is 10.6 Å². The number of benzene rings is 2. The third-order valence-corrected chi connectivity index (χ3v) is 5.77. The van der Waals surface area contributed by atoms with Crippen molar-refractivity contribution in [3.05, 3.63) is 64.7 Å². The molecule has 7 heteroatoms. The Balaban J connectivity index is 1.61. The van der Waals surface area contributed by atoms with E-state index in [0.29, 0.717) is 43.4 Å². The molecule has 29 heavy (non-hydrogen) atoms. The van der Waals surface area contributed by atoms with E-state index in [0.717, 1.165) is 17.9 Å². The maximum Gasteiger partial charge on any atom is 0.253 e. The van der Waals surface area contributed by atoms with Gasteiger partial charge in [-0.2, -0.15) is 0 Å². The van der Waals surface area contributed by atoms with Gasteiger partial charge in [-0.15, -0.1) is 0 Å². The van der Waals surface area contributed by atoms with Crippen molar-refractivity contribution in [2.45, 2.75) is 18.5 Å². The Morgan fingerprint density at radius 1 is 1.28 bits per heavy atom. The van der Waals surface area contributed by atoms with Crippen molar-refractivity contribution in [3.63, 3.8) is 0 Å². The van der Waals surface area contributed by atoms with Gasteiger partial charge in [0.25, 0.3) is 5.91 Å². The largest absolute Gasteiger partial charge is 0.383 e. The van der Waals surface area contributed by atoms with E-state index in [2.05, 4.69) is 22.8 Å². The Kier molecular flexibility index (Phi) is 5.85. The van der Waals surface area contributed by atoms with E-state index in [1.54, 1.807) is 31.4 Å².